The Morgan fingerprint density at radius 2 is 1.03 bits per heavy atom. The van der Waals surface area contributed by atoms with E-state index in [2.05, 4.69) is 0 Å². The minimum absolute atomic E-state index is 0.0503. The highest BCUT2D eigenvalue weighted by molar-refractivity contribution is 7.99. The SMILES string of the molecule is COC(=O)c1ccccc1CO[C@H]1[C@@H](O[C@H]2[C@H](O)[C@@H](NC(=O)C(F)(F)F)[C@H](Sc3ccccc3)O[C@@H]2COCc2ccccc2)O[C@H](COCc2ccccc2)[C@@H](OCc2ccccc2)[C@@H]1OCc1ccccc1. The van der Waals surface area contributed by atoms with Gasteiger partial charge in [0.1, 0.15) is 48.2 Å². The van der Waals surface area contributed by atoms with Crippen molar-refractivity contribution in [2.45, 2.75) is 105 Å². The van der Waals surface area contributed by atoms with Crippen molar-refractivity contribution >= 4 is 23.6 Å². The number of ether oxygens (including phenoxy) is 9. The second kappa shape index (κ2) is 27.0. The highest BCUT2D eigenvalue weighted by Crippen LogP contribution is 2.39. The number of benzene rings is 6. The Hall–Kier alpha value is -5.96. The number of halogens is 3. The first kappa shape index (κ1) is 54.3. The molecule has 0 spiro atoms. The summed E-state index contributed by atoms with van der Waals surface area (Å²) in [6.07, 6.45) is -15.7. The van der Waals surface area contributed by atoms with Crippen molar-refractivity contribution in [2.24, 2.45) is 0 Å². The predicted molar refractivity (Wildman–Crippen MR) is 267 cm³/mol. The van der Waals surface area contributed by atoms with Crippen molar-refractivity contribution in [3.63, 3.8) is 0 Å². The molecule has 2 heterocycles. The molecule has 0 aliphatic carbocycles. The van der Waals surface area contributed by atoms with Crippen LogP contribution in [0.3, 0.4) is 0 Å². The van der Waals surface area contributed by atoms with Gasteiger partial charge in [-0.3, -0.25) is 4.79 Å². The van der Waals surface area contributed by atoms with Crippen LogP contribution in [-0.2, 0) is 80.5 Å². The summed E-state index contributed by atoms with van der Waals surface area (Å²) in [7, 11) is 1.27. The van der Waals surface area contributed by atoms with E-state index in [9.17, 15) is 27.9 Å². The standard InChI is InChI=1S/C57H58F3NO12S/c1-65-53(63)44-30-18-17-27-42(44)35-70-52-51(69-34-41-25-13-5-14-26-41)50(68-33-40-23-11-4-12-24-40)46(37-67-32-39-21-9-3-10-22-39)71-54(52)73-49-45(36-66-31-38-19-7-2-8-20-38)72-55(74-43-28-15-6-16-29-43)47(48(49)62)61-56(64)57(58,59)60/h2-30,45-52,54-55,62H,31-37H2,1H3,(H,61,64)/t45-,46-,47-,48-,49-,50-,51+,52-,54-,55+/m1/s1. The smallest absolute Gasteiger partial charge is 0.465 e. The lowest BCUT2D eigenvalue weighted by molar-refractivity contribution is -0.352. The van der Waals surface area contributed by atoms with Gasteiger partial charge in [0.2, 0.25) is 0 Å². The number of alkyl halides is 3. The van der Waals surface area contributed by atoms with Crippen molar-refractivity contribution in [1.29, 1.82) is 0 Å². The fourth-order valence-corrected chi connectivity index (χ4v) is 9.75. The molecule has 0 saturated carbocycles. The number of hydrogen-bond donors (Lipinski definition) is 2. The number of aliphatic hydroxyl groups is 1. The van der Waals surface area contributed by atoms with Crippen molar-refractivity contribution in [3.8, 4) is 0 Å². The Bertz CT molecular complexity index is 2630. The van der Waals surface area contributed by atoms with Crippen molar-refractivity contribution in [3.05, 3.63) is 209 Å². The highest BCUT2D eigenvalue weighted by atomic mass is 32.2. The van der Waals surface area contributed by atoms with Gasteiger partial charge in [-0.2, -0.15) is 13.2 Å². The van der Waals surface area contributed by atoms with E-state index < -0.39 is 78.5 Å². The molecule has 17 heteroatoms. The quantitative estimate of drug-likeness (QED) is 0.0589. The van der Waals surface area contributed by atoms with E-state index in [0.29, 0.717) is 10.5 Å². The number of carbonyl (C=O) groups excluding carboxylic acids is 2. The highest BCUT2D eigenvalue weighted by Gasteiger charge is 2.55. The summed E-state index contributed by atoms with van der Waals surface area (Å²) >= 11 is 1.02. The Labute approximate surface area is 432 Å². The van der Waals surface area contributed by atoms with E-state index in [1.807, 2.05) is 127 Å². The van der Waals surface area contributed by atoms with Crippen LogP contribution in [0, 0.1) is 0 Å². The fraction of sp³-hybridized carbons (Fsp3) is 0.333. The number of amides is 1. The third kappa shape index (κ3) is 15.1. The maximum Gasteiger partial charge on any atom is 0.471 e. The number of carbonyl (C=O) groups is 2. The number of nitrogens with one attached hydrogen (secondary N) is 1. The largest absolute Gasteiger partial charge is 0.471 e. The number of aliphatic hydroxyl groups excluding tert-OH is 1. The third-order valence-electron chi connectivity index (χ3n) is 12.3. The predicted octanol–water partition coefficient (Wildman–Crippen LogP) is 9.00. The summed E-state index contributed by atoms with van der Waals surface area (Å²) in [5.74, 6) is -2.90. The number of esters is 1. The zero-order chi connectivity index (χ0) is 51.7. The molecule has 13 nitrogen and oxygen atoms in total. The molecule has 74 heavy (non-hydrogen) atoms. The Kier molecular flexibility index (Phi) is 19.8. The summed E-state index contributed by atoms with van der Waals surface area (Å²) in [6.45, 7) is -0.0778. The van der Waals surface area contributed by atoms with Crippen molar-refractivity contribution < 1.29 is 70.5 Å². The molecule has 0 radical (unpaired) electrons. The minimum Gasteiger partial charge on any atom is -0.465 e. The molecule has 2 aliphatic heterocycles. The van der Waals surface area contributed by atoms with Crippen LogP contribution in [-0.4, -0.2) is 104 Å². The summed E-state index contributed by atoms with van der Waals surface area (Å²) in [6, 6.07) is 51.5. The third-order valence-corrected chi connectivity index (χ3v) is 13.5. The lowest BCUT2D eigenvalue weighted by Gasteiger charge is -2.49. The van der Waals surface area contributed by atoms with Crippen LogP contribution < -0.4 is 5.32 Å². The van der Waals surface area contributed by atoms with E-state index in [0.717, 1.165) is 34.0 Å². The summed E-state index contributed by atoms with van der Waals surface area (Å²) < 4.78 is 101. The molecule has 0 unspecified atom stereocenters. The Balaban J connectivity index is 1.20. The molecule has 2 saturated heterocycles. The van der Waals surface area contributed by atoms with Gasteiger partial charge in [0.15, 0.2) is 6.29 Å². The molecule has 0 aromatic heterocycles. The first-order valence-corrected chi connectivity index (χ1v) is 25.0. The van der Waals surface area contributed by atoms with E-state index in [1.54, 1.807) is 54.6 Å². The summed E-state index contributed by atoms with van der Waals surface area (Å²) in [5.41, 5.74) is 2.75. The average molecular weight is 1040 g/mol. The maximum absolute atomic E-state index is 14.1. The van der Waals surface area contributed by atoms with Gasteiger partial charge < -0.3 is 53.1 Å². The lowest BCUT2D eigenvalue weighted by Crippen LogP contribution is -2.68. The molecule has 8 rings (SSSR count). The van der Waals surface area contributed by atoms with Gasteiger partial charge in [0.05, 0.1) is 65.0 Å². The maximum atomic E-state index is 14.1. The number of hydrogen-bond acceptors (Lipinski definition) is 13. The monoisotopic (exact) mass is 1040 g/mol. The van der Waals surface area contributed by atoms with Crippen molar-refractivity contribution in [2.75, 3.05) is 20.3 Å². The van der Waals surface area contributed by atoms with Gasteiger partial charge in [-0.1, -0.05) is 169 Å². The van der Waals surface area contributed by atoms with Gasteiger partial charge in [0.25, 0.3) is 0 Å². The van der Waals surface area contributed by atoms with E-state index in [-0.39, 0.29) is 51.8 Å². The van der Waals surface area contributed by atoms with E-state index >= 15 is 0 Å². The topological polar surface area (TPSA) is 149 Å². The normalized spacial score (nSPS) is 24.0. The van der Waals surface area contributed by atoms with Gasteiger partial charge in [-0.25, -0.2) is 4.79 Å². The van der Waals surface area contributed by atoms with Crippen LogP contribution in [0.5, 0.6) is 0 Å². The van der Waals surface area contributed by atoms with Crippen LogP contribution in [0.4, 0.5) is 13.2 Å². The van der Waals surface area contributed by atoms with Gasteiger partial charge in [-0.15, -0.1) is 0 Å². The fourth-order valence-electron chi connectivity index (χ4n) is 8.60. The Morgan fingerprint density at radius 1 is 0.568 bits per heavy atom. The zero-order valence-corrected chi connectivity index (χ0v) is 41.3. The molecule has 2 fully saturated rings. The van der Waals surface area contributed by atoms with Crippen LogP contribution in [0.25, 0.3) is 0 Å². The van der Waals surface area contributed by atoms with Gasteiger partial charge in [-0.05, 0) is 46.0 Å². The molecule has 6 aromatic rings. The molecule has 2 N–H and O–H groups in total. The van der Waals surface area contributed by atoms with Gasteiger partial charge in [0, 0.05) is 4.90 Å². The molecule has 10 atom stereocenters. The first-order valence-electron chi connectivity index (χ1n) is 24.1. The molecule has 1 amide bonds. The number of methoxy groups -OCH3 is 1. The molecular formula is C57H58F3NO12S. The summed E-state index contributed by atoms with van der Waals surface area (Å²) in [5, 5.41) is 14.6. The summed E-state index contributed by atoms with van der Waals surface area (Å²) in [4.78, 5) is 26.5. The second-order valence-electron chi connectivity index (χ2n) is 17.6. The molecular weight excluding hydrogens is 980 g/mol. The van der Waals surface area contributed by atoms with Crippen LogP contribution in [0.15, 0.2) is 181 Å². The molecule has 6 aromatic carbocycles. The van der Waals surface area contributed by atoms with Gasteiger partial charge >= 0.3 is 18.1 Å². The van der Waals surface area contributed by atoms with Crippen LogP contribution in [0.2, 0.25) is 0 Å². The number of thioether (sulfide) groups is 1. The Morgan fingerprint density at radius 3 is 1.55 bits per heavy atom. The first-order chi connectivity index (χ1) is 36.0. The molecule has 2 aliphatic rings. The minimum atomic E-state index is -5.31. The molecule has 390 valence electrons. The average Bonchev–Trinajstić information content (AvgIpc) is 3.42. The van der Waals surface area contributed by atoms with E-state index in [4.69, 9.17) is 42.6 Å². The number of rotatable bonds is 23. The lowest BCUT2D eigenvalue weighted by atomic mass is 9.95. The van der Waals surface area contributed by atoms with Crippen LogP contribution in [0.1, 0.15) is 38.2 Å². The zero-order valence-electron chi connectivity index (χ0n) is 40.4. The molecule has 0 bridgehead atoms. The second-order valence-corrected chi connectivity index (χ2v) is 18.7. The van der Waals surface area contributed by atoms with Crippen molar-refractivity contribution in [1.82, 2.24) is 5.32 Å². The van der Waals surface area contributed by atoms with Crippen LogP contribution >= 0.6 is 11.8 Å². The van der Waals surface area contributed by atoms with E-state index in [1.165, 1.54) is 7.11 Å².